The largest absolute Gasteiger partial charge is 0.457 e. The lowest BCUT2D eigenvalue weighted by Gasteiger charge is -2.06. The minimum Gasteiger partial charge on any atom is -0.457 e. The first-order chi connectivity index (χ1) is 8.27. The van der Waals surface area contributed by atoms with E-state index in [1.165, 1.54) is 0 Å². The van der Waals surface area contributed by atoms with Crippen LogP contribution in [0.2, 0.25) is 5.15 Å². The molecule has 1 aromatic carbocycles. The van der Waals surface area contributed by atoms with Crippen LogP contribution in [0.5, 0.6) is 0 Å². The summed E-state index contributed by atoms with van der Waals surface area (Å²) in [5, 5.41) is 0.210. The molecule has 0 aliphatic carbocycles. The van der Waals surface area contributed by atoms with Gasteiger partial charge in [-0.3, -0.25) is 0 Å². The van der Waals surface area contributed by atoms with Crippen molar-refractivity contribution in [3.8, 4) is 11.1 Å². The van der Waals surface area contributed by atoms with Crippen molar-refractivity contribution in [1.29, 1.82) is 0 Å². The number of esters is 1. The average Bonchev–Trinajstić information content (AvgIpc) is 2.74. The molecule has 1 aliphatic heterocycles. The fraction of sp³-hybridized carbons (Fsp3) is 0.0769. The average molecular weight is 246 g/mol. The van der Waals surface area contributed by atoms with E-state index in [0.29, 0.717) is 5.56 Å². The SMILES string of the molecule is O=C1OCc2c(-c3ccccc3)cnc(Cl)c21. The Hall–Kier alpha value is -1.87. The van der Waals surface area contributed by atoms with Crippen LogP contribution in [0, 0.1) is 0 Å². The molecule has 4 heteroatoms. The summed E-state index contributed by atoms with van der Waals surface area (Å²) in [6.45, 7) is 0.265. The number of benzene rings is 1. The van der Waals surface area contributed by atoms with Gasteiger partial charge in [-0.25, -0.2) is 9.78 Å². The highest BCUT2D eigenvalue weighted by Crippen LogP contribution is 2.33. The van der Waals surface area contributed by atoms with Crippen LogP contribution >= 0.6 is 11.6 Å². The summed E-state index contributed by atoms with van der Waals surface area (Å²) in [7, 11) is 0. The molecule has 0 bridgehead atoms. The summed E-state index contributed by atoms with van der Waals surface area (Å²) in [4.78, 5) is 15.6. The van der Waals surface area contributed by atoms with E-state index in [1.54, 1.807) is 6.20 Å². The number of rotatable bonds is 1. The molecule has 2 heterocycles. The van der Waals surface area contributed by atoms with Gasteiger partial charge in [0.05, 0.1) is 0 Å². The molecule has 1 aromatic heterocycles. The zero-order valence-corrected chi connectivity index (χ0v) is 9.57. The van der Waals surface area contributed by atoms with Crippen molar-refractivity contribution in [3.63, 3.8) is 0 Å². The normalized spacial score (nSPS) is 13.4. The fourth-order valence-corrected chi connectivity index (χ4v) is 2.20. The Balaban J connectivity index is 2.24. The second-order valence-electron chi connectivity index (χ2n) is 3.76. The minimum atomic E-state index is -0.393. The second-order valence-corrected chi connectivity index (χ2v) is 4.12. The maximum atomic E-state index is 11.5. The van der Waals surface area contributed by atoms with E-state index >= 15 is 0 Å². The van der Waals surface area contributed by atoms with E-state index in [1.807, 2.05) is 30.3 Å². The lowest BCUT2D eigenvalue weighted by atomic mass is 10.00. The number of halogens is 1. The molecule has 84 valence electrons. The van der Waals surface area contributed by atoms with E-state index in [-0.39, 0.29) is 11.8 Å². The van der Waals surface area contributed by atoms with Crippen molar-refractivity contribution in [2.75, 3.05) is 0 Å². The maximum Gasteiger partial charge on any atom is 0.342 e. The Morgan fingerprint density at radius 3 is 2.76 bits per heavy atom. The van der Waals surface area contributed by atoms with Crippen molar-refractivity contribution in [2.24, 2.45) is 0 Å². The molecule has 0 fully saturated rings. The number of cyclic esters (lactones) is 1. The Bertz CT molecular complexity index is 596. The van der Waals surface area contributed by atoms with Gasteiger partial charge in [0, 0.05) is 17.3 Å². The summed E-state index contributed by atoms with van der Waals surface area (Å²) < 4.78 is 5.00. The highest BCUT2D eigenvalue weighted by molar-refractivity contribution is 6.33. The molecule has 0 saturated heterocycles. The van der Waals surface area contributed by atoms with Crippen LogP contribution in [0.1, 0.15) is 15.9 Å². The lowest BCUT2D eigenvalue weighted by Crippen LogP contribution is -1.97. The van der Waals surface area contributed by atoms with Gasteiger partial charge < -0.3 is 4.74 Å². The first-order valence-corrected chi connectivity index (χ1v) is 5.55. The molecule has 17 heavy (non-hydrogen) atoms. The van der Waals surface area contributed by atoms with E-state index in [0.717, 1.165) is 16.7 Å². The molecular weight excluding hydrogens is 238 g/mol. The Labute approximate surface area is 103 Å². The van der Waals surface area contributed by atoms with Gasteiger partial charge >= 0.3 is 5.97 Å². The first kappa shape index (κ1) is 10.3. The third kappa shape index (κ3) is 1.59. The minimum absolute atomic E-state index is 0.210. The molecular formula is C13H8ClNO2. The number of nitrogens with zero attached hydrogens (tertiary/aromatic N) is 1. The number of carbonyl (C=O) groups excluding carboxylic acids is 1. The molecule has 0 saturated carbocycles. The molecule has 3 rings (SSSR count). The van der Waals surface area contributed by atoms with Gasteiger partial charge in [-0.05, 0) is 5.56 Å². The van der Waals surface area contributed by atoms with Crippen LogP contribution in [-0.2, 0) is 11.3 Å². The smallest absolute Gasteiger partial charge is 0.342 e. The number of fused-ring (bicyclic) bond motifs is 1. The van der Waals surface area contributed by atoms with Gasteiger partial charge in [0.2, 0.25) is 0 Å². The van der Waals surface area contributed by atoms with Gasteiger partial charge in [-0.2, -0.15) is 0 Å². The van der Waals surface area contributed by atoms with E-state index < -0.39 is 5.97 Å². The quantitative estimate of drug-likeness (QED) is 0.573. The second kappa shape index (κ2) is 3.86. The van der Waals surface area contributed by atoms with E-state index in [4.69, 9.17) is 16.3 Å². The van der Waals surface area contributed by atoms with Crippen LogP contribution in [0.3, 0.4) is 0 Å². The molecule has 0 radical (unpaired) electrons. The standard InChI is InChI=1S/C13H8ClNO2/c14-12-11-10(7-17-13(11)16)9(6-15-12)8-4-2-1-3-5-8/h1-6H,7H2. The topological polar surface area (TPSA) is 39.2 Å². The van der Waals surface area contributed by atoms with Gasteiger partial charge in [-0.1, -0.05) is 41.9 Å². The molecule has 0 spiro atoms. The fourth-order valence-electron chi connectivity index (χ4n) is 1.96. The van der Waals surface area contributed by atoms with Crippen LogP contribution in [-0.4, -0.2) is 11.0 Å². The molecule has 2 aromatic rings. The predicted octanol–water partition coefficient (Wildman–Crippen LogP) is 3.07. The number of aromatic nitrogens is 1. The summed E-state index contributed by atoms with van der Waals surface area (Å²) in [6, 6.07) is 9.75. The lowest BCUT2D eigenvalue weighted by molar-refractivity contribution is 0.0535. The number of pyridine rings is 1. The number of hydrogen-bond donors (Lipinski definition) is 0. The van der Waals surface area contributed by atoms with Crippen LogP contribution in [0.4, 0.5) is 0 Å². The highest BCUT2D eigenvalue weighted by Gasteiger charge is 2.28. The molecule has 0 atom stereocenters. The Kier molecular flexibility index (Phi) is 2.34. The first-order valence-electron chi connectivity index (χ1n) is 5.17. The van der Waals surface area contributed by atoms with Gasteiger partial charge in [-0.15, -0.1) is 0 Å². The Morgan fingerprint density at radius 2 is 2.00 bits per heavy atom. The molecule has 0 unspecified atom stereocenters. The maximum absolute atomic E-state index is 11.5. The van der Waals surface area contributed by atoms with Crippen molar-refractivity contribution in [1.82, 2.24) is 4.98 Å². The molecule has 1 aliphatic rings. The third-order valence-corrected chi connectivity index (χ3v) is 3.06. The number of ether oxygens (including phenoxy) is 1. The monoisotopic (exact) mass is 245 g/mol. The zero-order chi connectivity index (χ0) is 11.8. The summed E-state index contributed by atoms with van der Waals surface area (Å²) >= 11 is 5.91. The molecule has 0 N–H and O–H groups in total. The summed E-state index contributed by atoms with van der Waals surface area (Å²) in [5.74, 6) is -0.393. The third-order valence-electron chi connectivity index (χ3n) is 2.78. The summed E-state index contributed by atoms with van der Waals surface area (Å²) in [6.07, 6.45) is 1.68. The van der Waals surface area contributed by atoms with E-state index in [9.17, 15) is 4.79 Å². The van der Waals surface area contributed by atoms with Crippen LogP contribution in [0.25, 0.3) is 11.1 Å². The summed E-state index contributed by atoms with van der Waals surface area (Å²) in [5.41, 5.74) is 3.12. The van der Waals surface area contributed by atoms with Gasteiger partial charge in [0.25, 0.3) is 0 Å². The van der Waals surface area contributed by atoms with Gasteiger partial charge in [0.1, 0.15) is 17.3 Å². The number of carbonyl (C=O) groups is 1. The van der Waals surface area contributed by atoms with Crippen molar-refractivity contribution < 1.29 is 9.53 Å². The number of hydrogen-bond acceptors (Lipinski definition) is 3. The highest BCUT2D eigenvalue weighted by atomic mass is 35.5. The van der Waals surface area contributed by atoms with E-state index in [2.05, 4.69) is 4.98 Å². The zero-order valence-electron chi connectivity index (χ0n) is 8.81. The molecule has 0 amide bonds. The predicted molar refractivity (Wildman–Crippen MR) is 63.8 cm³/mol. The van der Waals surface area contributed by atoms with Crippen molar-refractivity contribution in [2.45, 2.75) is 6.61 Å². The van der Waals surface area contributed by atoms with Gasteiger partial charge in [0.15, 0.2) is 0 Å². The molecule has 3 nitrogen and oxygen atoms in total. The van der Waals surface area contributed by atoms with Crippen molar-refractivity contribution >= 4 is 17.6 Å². The van der Waals surface area contributed by atoms with Crippen LogP contribution in [0.15, 0.2) is 36.5 Å². The van der Waals surface area contributed by atoms with Crippen molar-refractivity contribution in [3.05, 3.63) is 52.8 Å². The van der Waals surface area contributed by atoms with Crippen LogP contribution < -0.4 is 0 Å². The Morgan fingerprint density at radius 1 is 1.24 bits per heavy atom.